The maximum Gasteiger partial charge on any atom is 0.222 e. The van der Waals surface area contributed by atoms with Crippen LogP contribution in [0.4, 0.5) is 11.4 Å². The summed E-state index contributed by atoms with van der Waals surface area (Å²) >= 11 is 1.66. The summed E-state index contributed by atoms with van der Waals surface area (Å²) in [7, 11) is 1.64. The lowest BCUT2D eigenvalue weighted by Gasteiger charge is -2.14. The van der Waals surface area contributed by atoms with Gasteiger partial charge in [0.15, 0.2) is 0 Å². The summed E-state index contributed by atoms with van der Waals surface area (Å²) in [6.45, 7) is 0. The number of aromatic amines is 1. The quantitative estimate of drug-likeness (QED) is 0.583. The van der Waals surface area contributed by atoms with Crippen molar-refractivity contribution in [2.75, 3.05) is 12.4 Å². The minimum absolute atomic E-state index is 0.621. The molecule has 23 heavy (non-hydrogen) atoms. The van der Waals surface area contributed by atoms with Gasteiger partial charge >= 0.3 is 0 Å². The number of fused-ring (bicyclic) bond motifs is 1. The van der Waals surface area contributed by atoms with Crippen LogP contribution in [0, 0.1) is 0 Å². The highest BCUT2D eigenvalue weighted by Crippen LogP contribution is 2.41. The molecule has 0 aliphatic heterocycles. The summed E-state index contributed by atoms with van der Waals surface area (Å²) in [6, 6.07) is 12.1. The second kappa shape index (κ2) is 5.73. The van der Waals surface area contributed by atoms with Crippen molar-refractivity contribution in [1.29, 1.82) is 0 Å². The average molecular weight is 322 g/mol. The lowest BCUT2D eigenvalue weighted by molar-refractivity contribution is 0.404. The number of benzene rings is 1. The van der Waals surface area contributed by atoms with Gasteiger partial charge in [-0.25, -0.2) is 4.98 Å². The molecular formula is C17H14N4OS. The van der Waals surface area contributed by atoms with Crippen LogP contribution in [-0.2, 0) is 0 Å². The summed E-state index contributed by atoms with van der Waals surface area (Å²) in [5.74, 6) is 0.621. The van der Waals surface area contributed by atoms with Gasteiger partial charge in [-0.05, 0) is 23.6 Å². The van der Waals surface area contributed by atoms with E-state index in [1.54, 1.807) is 24.6 Å². The van der Waals surface area contributed by atoms with Crippen LogP contribution in [0.1, 0.15) is 0 Å². The van der Waals surface area contributed by atoms with Gasteiger partial charge in [0.2, 0.25) is 5.88 Å². The van der Waals surface area contributed by atoms with E-state index in [9.17, 15) is 0 Å². The maximum atomic E-state index is 5.47. The fraction of sp³-hybridized carbons (Fsp3) is 0.0588. The van der Waals surface area contributed by atoms with E-state index in [1.165, 1.54) is 0 Å². The van der Waals surface area contributed by atoms with E-state index in [2.05, 4.69) is 15.5 Å². The number of anilines is 2. The lowest BCUT2D eigenvalue weighted by atomic mass is 10.1. The molecule has 0 unspecified atom stereocenters. The molecular weight excluding hydrogens is 308 g/mol. The zero-order chi connectivity index (χ0) is 15.6. The predicted molar refractivity (Wildman–Crippen MR) is 93.5 cm³/mol. The largest absolute Gasteiger partial charge is 0.481 e. The van der Waals surface area contributed by atoms with Crippen LogP contribution in [0.3, 0.4) is 0 Å². The molecule has 0 fully saturated rings. The number of hydrogen-bond acceptors (Lipinski definition) is 5. The molecule has 0 bridgehead atoms. The minimum Gasteiger partial charge on any atom is -0.481 e. The average Bonchev–Trinajstić information content (AvgIpc) is 3.28. The molecule has 0 atom stereocenters. The lowest BCUT2D eigenvalue weighted by Crippen LogP contribution is -1.98. The Kier molecular flexibility index (Phi) is 3.44. The van der Waals surface area contributed by atoms with Gasteiger partial charge in [-0.1, -0.05) is 18.2 Å². The Morgan fingerprint density at radius 1 is 1.17 bits per heavy atom. The SMILES string of the molecule is COc1nc(-c2cn[nH]c2)c(Nc2ccccc2)c2sccc12. The first-order valence-corrected chi connectivity index (χ1v) is 8.01. The zero-order valence-corrected chi connectivity index (χ0v) is 13.2. The van der Waals surface area contributed by atoms with Gasteiger partial charge in [0.1, 0.15) is 5.69 Å². The molecule has 2 N–H and O–H groups in total. The van der Waals surface area contributed by atoms with Crippen LogP contribution in [0.5, 0.6) is 5.88 Å². The maximum absolute atomic E-state index is 5.47. The van der Waals surface area contributed by atoms with Crippen LogP contribution in [-0.4, -0.2) is 22.3 Å². The number of nitrogens with one attached hydrogen (secondary N) is 2. The molecule has 5 nitrogen and oxygen atoms in total. The van der Waals surface area contributed by atoms with Crippen LogP contribution in [0.2, 0.25) is 0 Å². The first-order chi connectivity index (χ1) is 11.4. The number of methoxy groups -OCH3 is 1. The fourth-order valence-electron chi connectivity index (χ4n) is 2.52. The molecule has 6 heteroatoms. The van der Waals surface area contributed by atoms with Crippen molar-refractivity contribution < 1.29 is 4.74 Å². The third-order valence-electron chi connectivity index (χ3n) is 3.58. The number of ether oxygens (including phenoxy) is 1. The van der Waals surface area contributed by atoms with Gasteiger partial charge < -0.3 is 10.1 Å². The molecule has 4 aromatic rings. The van der Waals surface area contributed by atoms with Crippen molar-refractivity contribution in [3.63, 3.8) is 0 Å². The van der Waals surface area contributed by atoms with Crippen molar-refractivity contribution in [2.45, 2.75) is 0 Å². The molecule has 0 saturated heterocycles. The van der Waals surface area contributed by atoms with Crippen LogP contribution in [0.25, 0.3) is 21.3 Å². The Morgan fingerprint density at radius 2 is 2.04 bits per heavy atom. The van der Waals surface area contributed by atoms with Crippen molar-refractivity contribution in [3.05, 3.63) is 54.2 Å². The molecule has 3 heterocycles. The zero-order valence-electron chi connectivity index (χ0n) is 12.4. The van der Waals surface area contributed by atoms with E-state index < -0.39 is 0 Å². The van der Waals surface area contributed by atoms with E-state index in [0.29, 0.717) is 5.88 Å². The first kappa shape index (κ1) is 13.8. The van der Waals surface area contributed by atoms with E-state index in [0.717, 1.165) is 32.7 Å². The second-order valence-corrected chi connectivity index (χ2v) is 5.90. The van der Waals surface area contributed by atoms with Crippen molar-refractivity contribution in [2.24, 2.45) is 0 Å². The number of nitrogens with zero attached hydrogens (tertiary/aromatic N) is 2. The highest BCUT2D eigenvalue weighted by Gasteiger charge is 2.18. The van der Waals surface area contributed by atoms with E-state index >= 15 is 0 Å². The molecule has 0 aliphatic rings. The van der Waals surface area contributed by atoms with Crippen LogP contribution < -0.4 is 10.1 Å². The molecule has 114 valence electrons. The van der Waals surface area contributed by atoms with E-state index in [1.807, 2.05) is 48.0 Å². The summed E-state index contributed by atoms with van der Waals surface area (Å²) in [4.78, 5) is 4.69. The van der Waals surface area contributed by atoms with Gasteiger partial charge in [-0.3, -0.25) is 5.10 Å². The van der Waals surface area contributed by atoms with Crippen molar-refractivity contribution in [1.82, 2.24) is 15.2 Å². The predicted octanol–water partition coefficient (Wildman–Crippen LogP) is 4.44. The number of aromatic nitrogens is 3. The Morgan fingerprint density at radius 3 is 2.78 bits per heavy atom. The van der Waals surface area contributed by atoms with Crippen molar-refractivity contribution in [3.8, 4) is 17.1 Å². The molecule has 0 aliphatic carbocycles. The summed E-state index contributed by atoms with van der Waals surface area (Å²) in [5.41, 5.74) is 3.70. The number of hydrogen-bond donors (Lipinski definition) is 2. The molecule has 3 aromatic heterocycles. The second-order valence-electron chi connectivity index (χ2n) is 4.99. The highest BCUT2D eigenvalue weighted by atomic mass is 32.1. The standard InChI is InChI=1S/C17H14N4OS/c1-22-17-13-7-8-23-16(13)15(20-12-5-3-2-4-6-12)14(21-17)11-9-18-19-10-11/h2-10,20H,1H3,(H,18,19). The fourth-order valence-corrected chi connectivity index (χ4v) is 3.41. The molecule has 4 rings (SSSR count). The van der Waals surface area contributed by atoms with Gasteiger partial charge in [-0.2, -0.15) is 5.10 Å². The Labute approximate surface area is 137 Å². The van der Waals surface area contributed by atoms with Gasteiger partial charge in [0.25, 0.3) is 0 Å². The molecule has 0 saturated carbocycles. The minimum atomic E-state index is 0.621. The number of rotatable bonds is 4. The third-order valence-corrected chi connectivity index (χ3v) is 4.51. The number of H-pyrrole nitrogens is 1. The van der Waals surface area contributed by atoms with E-state index in [-0.39, 0.29) is 0 Å². The Bertz CT molecular complexity index is 932. The number of pyridine rings is 1. The summed E-state index contributed by atoms with van der Waals surface area (Å²) in [6.07, 6.45) is 3.59. The van der Waals surface area contributed by atoms with Crippen molar-refractivity contribution >= 4 is 32.8 Å². The number of thiophene rings is 1. The van der Waals surface area contributed by atoms with E-state index in [4.69, 9.17) is 9.72 Å². The Hall–Kier alpha value is -2.86. The molecule has 0 amide bonds. The first-order valence-electron chi connectivity index (χ1n) is 7.13. The normalized spacial score (nSPS) is 10.8. The number of para-hydroxylation sites is 1. The smallest absolute Gasteiger partial charge is 0.222 e. The van der Waals surface area contributed by atoms with Gasteiger partial charge in [-0.15, -0.1) is 11.3 Å². The summed E-state index contributed by atoms with van der Waals surface area (Å²) < 4.78 is 6.58. The molecule has 0 spiro atoms. The third kappa shape index (κ3) is 2.43. The summed E-state index contributed by atoms with van der Waals surface area (Å²) in [5, 5.41) is 13.4. The molecule has 0 radical (unpaired) electrons. The monoisotopic (exact) mass is 322 g/mol. The highest BCUT2D eigenvalue weighted by molar-refractivity contribution is 7.18. The topological polar surface area (TPSA) is 62.8 Å². The van der Waals surface area contributed by atoms with Gasteiger partial charge in [0, 0.05) is 17.4 Å². The van der Waals surface area contributed by atoms with Crippen LogP contribution in [0.15, 0.2) is 54.2 Å². The van der Waals surface area contributed by atoms with Gasteiger partial charge in [0.05, 0.1) is 29.1 Å². The molecule has 1 aromatic carbocycles. The van der Waals surface area contributed by atoms with Crippen LogP contribution >= 0.6 is 11.3 Å². The Balaban J connectivity index is 1.96.